The van der Waals surface area contributed by atoms with Crippen LogP contribution < -0.4 is 10.5 Å². The van der Waals surface area contributed by atoms with E-state index in [1.165, 1.54) is 27.7 Å². The second-order valence-corrected chi connectivity index (χ2v) is 7.49. The van der Waals surface area contributed by atoms with Crippen LogP contribution in [0.3, 0.4) is 0 Å². The van der Waals surface area contributed by atoms with Crippen LogP contribution in [0.2, 0.25) is 0 Å². The molecule has 0 radical (unpaired) electrons. The van der Waals surface area contributed by atoms with Crippen molar-refractivity contribution in [3.05, 3.63) is 81.9 Å². The summed E-state index contributed by atoms with van der Waals surface area (Å²) in [6.07, 6.45) is 0. The van der Waals surface area contributed by atoms with Crippen molar-refractivity contribution in [2.24, 2.45) is 0 Å². The van der Waals surface area contributed by atoms with Crippen molar-refractivity contribution < 1.29 is 14.6 Å². The van der Waals surface area contributed by atoms with E-state index < -0.39 is 6.73 Å². The zero-order chi connectivity index (χ0) is 22.8. The van der Waals surface area contributed by atoms with Gasteiger partial charge in [0.05, 0.1) is 18.0 Å². The van der Waals surface area contributed by atoms with E-state index in [0.717, 1.165) is 5.56 Å². The first-order valence-electron chi connectivity index (χ1n) is 10.2. The summed E-state index contributed by atoms with van der Waals surface area (Å²) in [6.45, 7) is 3.15. The summed E-state index contributed by atoms with van der Waals surface area (Å²) < 4.78 is 15.3. The minimum absolute atomic E-state index is 0.102. The number of aliphatic hydroxyl groups excluding tert-OH is 2. The molecule has 0 unspecified atom stereocenters. The van der Waals surface area contributed by atoms with Crippen molar-refractivity contribution in [1.82, 2.24) is 14.5 Å². The van der Waals surface area contributed by atoms with Crippen molar-refractivity contribution >= 4 is 17.0 Å². The lowest BCUT2D eigenvalue weighted by molar-refractivity contribution is 0.256. The predicted molar refractivity (Wildman–Crippen MR) is 122 cm³/mol. The molecule has 8 heteroatoms. The molecule has 2 aromatic carbocycles. The van der Waals surface area contributed by atoms with Crippen LogP contribution in [0.5, 0.6) is 0 Å². The molecule has 0 aliphatic heterocycles. The number of benzene rings is 2. The van der Waals surface area contributed by atoms with Gasteiger partial charge in [0.1, 0.15) is 12.5 Å². The SMILES string of the molecule is Cc1cc(F)ccc1-c1nc(N(CO)CCO)nc2c1ccc(=O)n2-c1ccccc1C. The Bertz CT molecular complexity index is 1350. The van der Waals surface area contributed by atoms with Crippen LogP contribution in [-0.2, 0) is 0 Å². The maximum absolute atomic E-state index is 13.8. The van der Waals surface area contributed by atoms with Gasteiger partial charge in [0, 0.05) is 23.6 Å². The van der Waals surface area contributed by atoms with E-state index in [2.05, 4.69) is 9.97 Å². The molecule has 164 valence electrons. The Balaban J connectivity index is 2.12. The van der Waals surface area contributed by atoms with Crippen molar-refractivity contribution in [1.29, 1.82) is 0 Å². The molecule has 2 heterocycles. The van der Waals surface area contributed by atoms with Crippen LogP contribution in [0.15, 0.2) is 59.4 Å². The zero-order valence-corrected chi connectivity index (χ0v) is 17.8. The third-order valence-electron chi connectivity index (χ3n) is 5.36. The average molecular weight is 434 g/mol. The van der Waals surface area contributed by atoms with Gasteiger partial charge in [-0.05, 0) is 55.3 Å². The predicted octanol–water partition coefficient (Wildman–Crippen LogP) is 2.95. The van der Waals surface area contributed by atoms with E-state index >= 15 is 0 Å². The van der Waals surface area contributed by atoms with Crippen molar-refractivity contribution in [2.75, 3.05) is 24.8 Å². The molecular formula is C24H23FN4O3. The summed E-state index contributed by atoms with van der Waals surface area (Å²) in [5, 5.41) is 19.9. The Hall–Kier alpha value is -3.62. The fourth-order valence-electron chi connectivity index (χ4n) is 3.74. The Kier molecular flexibility index (Phi) is 5.98. The molecular weight excluding hydrogens is 411 g/mol. The summed E-state index contributed by atoms with van der Waals surface area (Å²) in [4.78, 5) is 23.6. The van der Waals surface area contributed by atoms with Crippen LogP contribution in [-0.4, -0.2) is 44.6 Å². The topological polar surface area (TPSA) is 91.5 Å². The Morgan fingerprint density at radius 3 is 2.47 bits per heavy atom. The van der Waals surface area contributed by atoms with Gasteiger partial charge in [-0.25, -0.2) is 9.37 Å². The highest BCUT2D eigenvalue weighted by Gasteiger charge is 2.19. The third-order valence-corrected chi connectivity index (χ3v) is 5.36. The van der Waals surface area contributed by atoms with Gasteiger partial charge < -0.3 is 15.1 Å². The lowest BCUT2D eigenvalue weighted by atomic mass is 10.0. The quantitative estimate of drug-likeness (QED) is 0.454. The Labute approximate surface area is 184 Å². The number of aromatic nitrogens is 3. The average Bonchev–Trinajstić information content (AvgIpc) is 2.77. The number of fused-ring (bicyclic) bond motifs is 1. The highest BCUT2D eigenvalue weighted by molar-refractivity contribution is 5.93. The Morgan fingerprint density at radius 1 is 1.00 bits per heavy atom. The zero-order valence-electron chi connectivity index (χ0n) is 17.8. The van der Waals surface area contributed by atoms with Gasteiger partial charge in [0.15, 0.2) is 5.65 Å². The molecule has 0 atom stereocenters. The molecule has 7 nitrogen and oxygen atoms in total. The largest absolute Gasteiger partial charge is 0.395 e. The third kappa shape index (κ3) is 3.86. The second-order valence-electron chi connectivity index (χ2n) is 7.49. The molecule has 0 amide bonds. The van der Waals surface area contributed by atoms with Gasteiger partial charge in [0.2, 0.25) is 5.95 Å². The minimum Gasteiger partial charge on any atom is -0.395 e. The maximum Gasteiger partial charge on any atom is 0.256 e. The minimum atomic E-state index is -0.421. The van der Waals surface area contributed by atoms with E-state index in [-0.39, 0.29) is 30.5 Å². The first-order chi connectivity index (χ1) is 15.4. The van der Waals surface area contributed by atoms with E-state index in [1.54, 1.807) is 19.1 Å². The van der Waals surface area contributed by atoms with Crippen LogP contribution in [0.25, 0.3) is 28.0 Å². The first kappa shape index (κ1) is 21.6. The molecule has 2 N–H and O–H groups in total. The summed E-state index contributed by atoms with van der Waals surface area (Å²) in [7, 11) is 0. The van der Waals surface area contributed by atoms with Crippen molar-refractivity contribution in [3.63, 3.8) is 0 Å². The van der Waals surface area contributed by atoms with Gasteiger partial charge in [-0.1, -0.05) is 18.2 Å². The normalized spacial score (nSPS) is 11.2. The summed E-state index contributed by atoms with van der Waals surface area (Å²) in [5.74, 6) is -0.209. The monoisotopic (exact) mass is 434 g/mol. The molecule has 0 spiro atoms. The van der Waals surface area contributed by atoms with E-state index in [0.29, 0.717) is 33.5 Å². The molecule has 0 bridgehead atoms. The van der Waals surface area contributed by atoms with E-state index in [1.807, 2.05) is 31.2 Å². The fraction of sp³-hybridized carbons (Fsp3) is 0.208. The molecule has 0 saturated heterocycles. The number of para-hydroxylation sites is 1. The van der Waals surface area contributed by atoms with Gasteiger partial charge in [-0.2, -0.15) is 4.98 Å². The number of halogens is 1. The molecule has 0 saturated carbocycles. The highest BCUT2D eigenvalue weighted by Crippen LogP contribution is 2.31. The lowest BCUT2D eigenvalue weighted by Crippen LogP contribution is -2.30. The smallest absolute Gasteiger partial charge is 0.256 e. The number of hydrogen-bond acceptors (Lipinski definition) is 6. The standard InChI is InChI=1S/C24H23FN4O3/c1-15-5-3-4-6-20(15)29-21(32)10-9-19-22(18-8-7-17(25)13-16(18)2)26-24(27-23(19)29)28(14-31)11-12-30/h3-10,13,30-31H,11-12,14H2,1-2H3. The fourth-order valence-corrected chi connectivity index (χ4v) is 3.74. The number of rotatable bonds is 6. The van der Waals surface area contributed by atoms with Crippen LogP contribution in [0, 0.1) is 19.7 Å². The number of nitrogens with zero attached hydrogens (tertiary/aromatic N) is 4. The summed E-state index contributed by atoms with van der Waals surface area (Å²) in [6, 6.07) is 15.0. The summed E-state index contributed by atoms with van der Waals surface area (Å²) in [5.41, 5.74) is 3.49. The molecule has 0 fully saturated rings. The lowest BCUT2D eigenvalue weighted by Gasteiger charge is -2.22. The highest BCUT2D eigenvalue weighted by atomic mass is 19.1. The van der Waals surface area contributed by atoms with Gasteiger partial charge in [0.25, 0.3) is 5.56 Å². The van der Waals surface area contributed by atoms with Crippen molar-refractivity contribution in [2.45, 2.75) is 13.8 Å². The molecule has 0 aliphatic rings. The molecule has 32 heavy (non-hydrogen) atoms. The van der Waals surface area contributed by atoms with Crippen molar-refractivity contribution in [3.8, 4) is 16.9 Å². The molecule has 4 rings (SSSR count). The first-order valence-corrected chi connectivity index (χ1v) is 10.2. The van der Waals surface area contributed by atoms with Gasteiger partial charge >= 0.3 is 0 Å². The molecule has 0 aliphatic carbocycles. The van der Waals surface area contributed by atoms with Crippen LogP contribution in [0.4, 0.5) is 10.3 Å². The van der Waals surface area contributed by atoms with E-state index in [4.69, 9.17) is 0 Å². The Morgan fingerprint density at radius 2 is 1.78 bits per heavy atom. The number of pyridine rings is 1. The maximum atomic E-state index is 13.8. The van der Waals surface area contributed by atoms with Crippen LogP contribution in [0.1, 0.15) is 11.1 Å². The van der Waals surface area contributed by atoms with Crippen LogP contribution >= 0.6 is 0 Å². The van der Waals surface area contributed by atoms with E-state index in [9.17, 15) is 19.4 Å². The second kappa shape index (κ2) is 8.86. The number of hydrogen-bond donors (Lipinski definition) is 2. The van der Waals surface area contributed by atoms with Gasteiger partial charge in [-0.15, -0.1) is 0 Å². The number of aryl methyl sites for hydroxylation is 2. The molecule has 2 aromatic heterocycles. The van der Waals surface area contributed by atoms with Gasteiger partial charge in [-0.3, -0.25) is 9.36 Å². The summed E-state index contributed by atoms with van der Waals surface area (Å²) >= 11 is 0. The molecule has 4 aromatic rings. The number of anilines is 1. The number of aliphatic hydroxyl groups is 2.